The molecule has 130 valence electrons. The molecule has 3 aromatic rings. The van der Waals surface area contributed by atoms with Gasteiger partial charge in [-0.2, -0.15) is 0 Å². The summed E-state index contributed by atoms with van der Waals surface area (Å²) in [7, 11) is -1.65. The molecule has 0 aliphatic carbocycles. The first-order chi connectivity index (χ1) is 11.8. The predicted molar refractivity (Wildman–Crippen MR) is 99.7 cm³/mol. The Balaban J connectivity index is 1.89. The SMILES string of the molecule is C[C@@H](c1nc2ccccc2s1)N(C)C(=O)c1cccc(S(C)(=O)=O)c1. The van der Waals surface area contributed by atoms with Crippen LogP contribution in [0.1, 0.15) is 28.3 Å². The fourth-order valence-electron chi connectivity index (χ4n) is 2.47. The van der Waals surface area contributed by atoms with Gasteiger partial charge in [0.05, 0.1) is 21.2 Å². The van der Waals surface area contributed by atoms with Gasteiger partial charge in [-0.05, 0) is 37.3 Å². The van der Waals surface area contributed by atoms with Crippen molar-refractivity contribution >= 4 is 37.3 Å². The number of amides is 1. The number of rotatable bonds is 4. The van der Waals surface area contributed by atoms with Crippen LogP contribution >= 0.6 is 11.3 Å². The Kier molecular flexibility index (Phi) is 4.62. The third-order valence-electron chi connectivity index (χ3n) is 4.08. The van der Waals surface area contributed by atoms with Crippen LogP contribution in [0.15, 0.2) is 53.4 Å². The van der Waals surface area contributed by atoms with Gasteiger partial charge in [0.25, 0.3) is 5.91 Å². The molecule has 0 unspecified atom stereocenters. The van der Waals surface area contributed by atoms with Crippen molar-refractivity contribution < 1.29 is 13.2 Å². The Labute approximate surface area is 150 Å². The van der Waals surface area contributed by atoms with Crippen LogP contribution in [0.5, 0.6) is 0 Å². The number of para-hydroxylation sites is 1. The molecule has 1 atom stereocenters. The number of benzene rings is 2. The Bertz CT molecular complexity index is 1010. The highest BCUT2D eigenvalue weighted by Crippen LogP contribution is 2.29. The number of aromatic nitrogens is 1. The molecule has 2 aromatic carbocycles. The highest BCUT2D eigenvalue weighted by molar-refractivity contribution is 7.90. The second kappa shape index (κ2) is 6.57. The minimum absolute atomic E-state index is 0.138. The minimum Gasteiger partial charge on any atom is -0.333 e. The molecule has 0 N–H and O–H groups in total. The van der Waals surface area contributed by atoms with Crippen LogP contribution in [-0.2, 0) is 9.84 Å². The van der Waals surface area contributed by atoms with E-state index in [-0.39, 0.29) is 16.8 Å². The van der Waals surface area contributed by atoms with Crippen molar-refractivity contribution in [2.45, 2.75) is 17.9 Å². The normalized spacial score (nSPS) is 12.9. The molecule has 1 amide bonds. The van der Waals surface area contributed by atoms with Crippen LogP contribution < -0.4 is 0 Å². The predicted octanol–water partition coefficient (Wildman–Crippen LogP) is 3.53. The first-order valence-corrected chi connectivity index (χ1v) is 10.4. The Morgan fingerprint density at radius 2 is 1.88 bits per heavy atom. The van der Waals surface area contributed by atoms with Crippen LogP contribution in [0.25, 0.3) is 10.2 Å². The van der Waals surface area contributed by atoms with Crippen molar-refractivity contribution in [1.29, 1.82) is 0 Å². The van der Waals surface area contributed by atoms with E-state index < -0.39 is 9.84 Å². The van der Waals surface area contributed by atoms with Crippen molar-refractivity contribution in [1.82, 2.24) is 9.88 Å². The largest absolute Gasteiger partial charge is 0.333 e. The summed E-state index contributed by atoms with van der Waals surface area (Å²) >= 11 is 1.55. The van der Waals surface area contributed by atoms with Crippen molar-refractivity contribution in [2.24, 2.45) is 0 Å². The van der Waals surface area contributed by atoms with E-state index in [1.54, 1.807) is 35.4 Å². The number of carbonyl (C=O) groups is 1. The van der Waals surface area contributed by atoms with Gasteiger partial charge in [0.1, 0.15) is 5.01 Å². The standard InChI is InChI=1S/C18H18N2O3S2/c1-12(17-19-15-9-4-5-10-16(15)24-17)20(2)18(21)13-7-6-8-14(11-13)25(3,22)23/h4-12H,1-3H3/t12-/m0/s1. The van der Waals surface area contributed by atoms with Gasteiger partial charge in [-0.25, -0.2) is 13.4 Å². The fraction of sp³-hybridized carbons (Fsp3) is 0.222. The lowest BCUT2D eigenvalue weighted by molar-refractivity contribution is 0.0742. The van der Waals surface area contributed by atoms with E-state index in [0.717, 1.165) is 21.5 Å². The minimum atomic E-state index is -3.36. The number of carbonyl (C=O) groups excluding carboxylic acids is 1. The van der Waals surface area contributed by atoms with E-state index in [4.69, 9.17) is 0 Å². The quantitative estimate of drug-likeness (QED) is 0.701. The molecule has 3 rings (SSSR count). The van der Waals surface area contributed by atoms with Gasteiger partial charge >= 0.3 is 0 Å². The highest BCUT2D eigenvalue weighted by Gasteiger charge is 2.22. The van der Waals surface area contributed by atoms with Crippen LogP contribution in [0.2, 0.25) is 0 Å². The molecule has 7 heteroatoms. The summed E-state index contributed by atoms with van der Waals surface area (Å²) in [6.07, 6.45) is 1.13. The second-order valence-corrected chi connectivity index (χ2v) is 8.99. The molecule has 0 radical (unpaired) electrons. The van der Waals surface area contributed by atoms with Gasteiger partial charge in [0.15, 0.2) is 9.84 Å². The fourth-order valence-corrected chi connectivity index (χ4v) is 4.20. The third kappa shape index (κ3) is 3.57. The van der Waals surface area contributed by atoms with Crippen molar-refractivity contribution in [3.63, 3.8) is 0 Å². The highest BCUT2D eigenvalue weighted by atomic mass is 32.2. The summed E-state index contributed by atoms with van der Waals surface area (Å²) in [5.41, 5.74) is 1.26. The molecule has 1 aromatic heterocycles. The first kappa shape index (κ1) is 17.6. The number of hydrogen-bond acceptors (Lipinski definition) is 5. The summed E-state index contributed by atoms with van der Waals surface area (Å²) in [6.45, 7) is 1.91. The molecular weight excluding hydrogens is 356 g/mol. The summed E-state index contributed by atoms with van der Waals surface area (Å²) in [6, 6.07) is 13.7. The lowest BCUT2D eigenvalue weighted by atomic mass is 10.2. The maximum absolute atomic E-state index is 12.8. The summed E-state index contributed by atoms with van der Waals surface area (Å²) < 4.78 is 24.5. The monoisotopic (exact) mass is 374 g/mol. The first-order valence-electron chi connectivity index (χ1n) is 7.70. The lowest BCUT2D eigenvalue weighted by Gasteiger charge is -2.23. The number of nitrogens with zero attached hydrogens (tertiary/aromatic N) is 2. The topological polar surface area (TPSA) is 67.3 Å². The van der Waals surface area contributed by atoms with Crippen LogP contribution in [-0.4, -0.2) is 37.5 Å². The summed E-state index contributed by atoms with van der Waals surface area (Å²) in [5.74, 6) is -0.239. The number of fused-ring (bicyclic) bond motifs is 1. The van der Waals surface area contributed by atoms with Crippen LogP contribution in [0.4, 0.5) is 0 Å². The molecule has 0 saturated carbocycles. The van der Waals surface area contributed by atoms with Crippen LogP contribution in [0.3, 0.4) is 0 Å². The van der Waals surface area contributed by atoms with Gasteiger partial charge in [0.2, 0.25) is 0 Å². The van der Waals surface area contributed by atoms with Gasteiger partial charge in [0, 0.05) is 18.9 Å². The molecule has 0 saturated heterocycles. The molecule has 25 heavy (non-hydrogen) atoms. The van der Waals surface area contributed by atoms with E-state index in [0.29, 0.717) is 5.56 Å². The van der Waals surface area contributed by atoms with Crippen LogP contribution in [0, 0.1) is 0 Å². The smallest absolute Gasteiger partial charge is 0.254 e. The van der Waals surface area contributed by atoms with Crippen molar-refractivity contribution in [3.05, 3.63) is 59.1 Å². The van der Waals surface area contributed by atoms with E-state index >= 15 is 0 Å². The Morgan fingerprint density at radius 1 is 1.16 bits per heavy atom. The number of thiazole rings is 1. The summed E-state index contributed by atoms with van der Waals surface area (Å²) in [5, 5.41) is 0.844. The zero-order valence-corrected chi connectivity index (χ0v) is 15.8. The molecule has 0 spiro atoms. The third-order valence-corrected chi connectivity index (χ3v) is 6.40. The number of hydrogen-bond donors (Lipinski definition) is 0. The van der Waals surface area contributed by atoms with Gasteiger partial charge < -0.3 is 4.90 Å². The molecule has 0 aliphatic rings. The zero-order chi connectivity index (χ0) is 18.2. The average Bonchev–Trinajstić information content (AvgIpc) is 3.03. The molecule has 0 fully saturated rings. The van der Waals surface area contributed by atoms with E-state index in [1.165, 1.54) is 12.1 Å². The lowest BCUT2D eigenvalue weighted by Crippen LogP contribution is -2.29. The Hall–Kier alpha value is -2.25. The molecule has 1 heterocycles. The second-order valence-electron chi connectivity index (χ2n) is 5.91. The molecule has 5 nitrogen and oxygen atoms in total. The molecule has 0 aliphatic heterocycles. The molecular formula is C18H18N2O3S2. The average molecular weight is 374 g/mol. The Morgan fingerprint density at radius 3 is 2.56 bits per heavy atom. The van der Waals surface area contributed by atoms with Gasteiger partial charge in [-0.3, -0.25) is 4.79 Å². The van der Waals surface area contributed by atoms with Gasteiger partial charge in [-0.15, -0.1) is 11.3 Å². The van der Waals surface area contributed by atoms with E-state index in [2.05, 4.69) is 4.98 Å². The summed E-state index contributed by atoms with van der Waals surface area (Å²) in [4.78, 5) is 19.1. The molecule has 0 bridgehead atoms. The van der Waals surface area contributed by atoms with E-state index in [9.17, 15) is 13.2 Å². The zero-order valence-electron chi connectivity index (χ0n) is 14.1. The maximum Gasteiger partial charge on any atom is 0.254 e. The van der Waals surface area contributed by atoms with Crippen molar-refractivity contribution in [2.75, 3.05) is 13.3 Å². The maximum atomic E-state index is 12.8. The van der Waals surface area contributed by atoms with Gasteiger partial charge in [-0.1, -0.05) is 18.2 Å². The van der Waals surface area contributed by atoms with Crippen molar-refractivity contribution in [3.8, 4) is 0 Å². The van der Waals surface area contributed by atoms with E-state index in [1.807, 2.05) is 31.2 Å². The number of sulfone groups is 1.